The fourth-order valence-corrected chi connectivity index (χ4v) is 5.84. The number of carbonyl (C=O) groups excluding carboxylic acids is 1. The molecule has 0 atom stereocenters. The number of likely N-dealkylation sites (tertiary alicyclic amines) is 1. The van der Waals surface area contributed by atoms with Gasteiger partial charge in [0.05, 0.1) is 15.9 Å². The molecule has 196 valence electrons. The van der Waals surface area contributed by atoms with Crippen molar-refractivity contribution in [2.75, 3.05) is 23.7 Å². The number of fused-ring (bicyclic) bond motifs is 3. The van der Waals surface area contributed by atoms with Crippen LogP contribution in [-0.2, 0) is 12.0 Å². The summed E-state index contributed by atoms with van der Waals surface area (Å²) in [7, 11) is 0. The predicted molar refractivity (Wildman–Crippen MR) is 153 cm³/mol. The van der Waals surface area contributed by atoms with Crippen molar-refractivity contribution in [2.45, 2.75) is 52.0 Å². The van der Waals surface area contributed by atoms with Crippen molar-refractivity contribution in [3.05, 3.63) is 66.1 Å². The first-order valence-electron chi connectivity index (χ1n) is 13.1. The molecule has 8 nitrogen and oxygen atoms in total. The Balaban J connectivity index is 1.15. The average Bonchev–Trinajstić information content (AvgIpc) is 3.60. The first-order chi connectivity index (χ1) is 18.3. The van der Waals surface area contributed by atoms with Crippen LogP contribution in [-0.4, -0.2) is 38.6 Å². The number of anilines is 2. The number of rotatable bonds is 5. The Morgan fingerprint density at radius 3 is 2.55 bits per heavy atom. The molecule has 38 heavy (non-hydrogen) atoms. The standard InChI is InChI=1S/C29H32N6O2S/c1-29(2,3)25-16-26(33-37-25)32-27(36)30-21-10-8-20(9-11-21)22-18-35-23-15-19(17-34-13-5-4-6-14-34)7-12-24(23)38-28(35)31-22/h7-12,15-16,18H,4-6,13-14,17H2,1-3H3,(H2,30,32,33,36). The number of nitrogens with one attached hydrogen (secondary N) is 2. The second-order valence-corrected chi connectivity index (χ2v) is 12.0. The topological polar surface area (TPSA) is 87.7 Å². The van der Waals surface area contributed by atoms with Crippen molar-refractivity contribution >= 4 is 44.1 Å². The normalized spacial score (nSPS) is 14.8. The summed E-state index contributed by atoms with van der Waals surface area (Å²) in [5, 5.41) is 9.49. The van der Waals surface area contributed by atoms with Gasteiger partial charge in [-0.1, -0.05) is 61.9 Å². The first kappa shape index (κ1) is 24.6. The van der Waals surface area contributed by atoms with E-state index in [1.165, 1.54) is 48.1 Å². The molecule has 5 aromatic rings. The smallest absolute Gasteiger partial charge is 0.324 e. The molecule has 0 bridgehead atoms. The Labute approximate surface area is 225 Å². The molecule has 2 N–H and O–H groups in total. The number of hydrogen-bond donors (Lipinski definition) is 2. The summed E-state index contributed by atoms with van der Waals surface area (Å²) in [5.41, 5.74) is 4.96. The molecule has 6 rings (SSSR count). The van der Waals surface area contributed by atoms with Gasteiger partial charge in [0, 0.05) is 35.5 Å². The average molecular weight is 529 g/mol. The van der Waals surface area contributed by atoms with Crippen LogP contribution >= 0.6 is 11.3 Å². The monoisotopic (exact) mass is 528 g/mol. The molecule has 0 unspecified atom stereocenters. The lowest BCUT2D eigenvalue weighted by Gasteiger charge is -2.26. The van der Waals surface area contributed by atoms with Crippen LogP contribution in [0.15, 0.2) is 59.3 Å². The van der Waals surface area contributed by atoms with E-state index in [1.54, 1.807) is 17.4 Å². The van der Waals surface area contributed by atoms with Crippen LogP contribution in [0.2, 0.25) is 0 Å². The Morgan fingerprint density at radius 1 is 1.03 bits per heavy atom. The van der Waals surface area contributed by atoms with Gasteiger partial charge in [-0.15, -0.1) is 0 Å². The zero-order valence-corrected chi connectivity index (χ0v) is 22.8. The number of nitrogens with zero attached hydrogens (tertiary/aromatic N) is 4. The second-order valence-electron chi connectivity index (χ2n) is 11.0. The summed E-state index contributed by atoms with van der Waals surface area (Å²) in [6, 6.07) is 15.8. The minimum atomic E-state index is -0.374. The van der Waals surface area contributed by atoms with Crippen molar-refractivity contribution in [2.24, 2.45) is 0 Å². The van der Waals surface area contributed by atoms with Crippen molar-refractivity contribution < 1.29 is 9.32 Å². The highest BCUT2D eigenvalue weighted by Gasteiger charge is 2.20. The number of amides is 2. The maximum Gasteiger partial charge on any atom is 0.324 e. The molecule has 1 aliphatic rings. The summed E-state index contributed by atoms with van der Waals surface area (Å²) in [6.07, 6.45) is 6.05. The van der Waals surface area contributed by atoms with Gasteiger partial charge in [-0.2, -0.15) is 0 Å². The van der Waals surface area contributed by atoms with Crippen LogP contribution in [0.25, 0.3) is 26.4 Å². The van der Waals surface area contributed by atoms with Gasteiger partial charge in [-0.3, -0.25) is 14.6 Å². The Hall–Kier alpha value is -3.69. The first-order valence-corrected chi connectivity index (χ1v) is 13.9. The van der Waals surface area contributed by atoms with Gasteiger partial charge in [-0.05, 0) is 55.8 Å². The molecule has 1 fully saturated rings. The summed E-state index contributed by atoms with van der Waals surface area (Å²) in [5.74, 6) is 1.09. The Kier molecular flexibility index (Phi) is 6.41. The summed E-state index contributed by atoms with van der Waals surface area (Å²) in [4.78, 5) is 20.9. The number of aromatic nitrogens is 3. The number of benzene rings is 2. The molecule has 0 saturated carbocycles. The van der Waals surface area contributed by atoms with Crippen molar-refractivity contribution in [1.29, 1.82) is 0 Å². The summed E-state index contributed by atoms with van der Waals surface area (Å²) >= 11 is 1.71. The maximum atomic E-state index is 12.4. The number of imidazole rings is 1. The van der Waals surface area contributed by atoms with Gasteiger partial charge in [0.1, 0.15) is 5.76 Å². The molecule has 0 radical (unpaired) electrons. The van der Waals surface area contributed by atoms with Crippen molar-refractivity contribution in [3.63, 3.8) is 0 Å². The fourth-order valence-electron chi connectivity index (χ4n) is 4.85. The molecule has 1 saturated heterocycles. The van der Waals surface area contributed by atoms with Gasteiger partial charge < -0.3 is 9.84 Å². The second kappa shape index (κ2) is 9.89. The predicted octanol–water partition coefficient (Wildman–Crippen LogP) is 7.13. The summed E-state index contributed by atoms with van der Waals surface area (Å²) < 4.78 is 8.76. The van der Waals surface area contributed by atoms with Gasteiger partial charge in [-0.25, -0.2) is 9.78 Å². The van der Waals surface area contributed by atoms with E-state index in [0.717, 1.165) is 22.8 Å². The fraction of sp³-hybridized carbons (Fsp3) is 0.345. The lowest BCUT2D eigenvalue weighted by atomic mass is 9.93. The summed E-state index contributed by atoms with van der Waals surface area (Å²) in [6.45, 7) is 9.47. The van der Waals surface area contributed by atoms with Crippen LogP contribution < -0.4 is 10.6 Å². The van der Waals surface area contributed by atoms with E-state index in [1.807, 2.05) is 45.0 Å². The van der Waals surface area contributed by atoms with Gasteiger partial charge >= 0.3 is 6.03 Å². The van der Waals surface area contributed by atoms with E-state index >= 15 is 0 Å². The molecule has 2 aromatic carbocycles. The van der Waals surface area contributed by atoms with Crippen LogP contribution in [0.4, 0.5) is 16.3 Å². The third-order valence-electron chi connectivity index (χ3n) is 6.94. The maximum absolute atomic E-state index is 12.4. The number of carbonyl (C=O) groups is 1. The largest absolute Gasteiger partial charge is 0.359 e. The van der Waals surface area contributed by atoms with Gasteiger partial charge in [0.2, 0.25) is 0 Å². The quantitative estimate of drug-likeness (QED) is 0.253. The highest BCUT2D eigenvalue weighted by Crippen LogP contribution is 2.31. The highest BCUT2D eigenvalue weighted by molar-refractivity contribution is 7.23. The lowest BCUT2D eigenvalue weighted by Crippen LogP contribution is -2.29. The molecule has 0 aliphatic carbocycles. The molecule has 2 amide bonds. The minimum Gasteiger partial charge on any atom is -0.359 e. The zero-order chi connectivity index (χ0) is 26.3. The van der Waals surface area contributed by atoms with Crippen LogP contribution in [0.5, 0.6) is 0 Å². The molecule has 1 aliphatic heterocycles. The Bertz CT molecular complexity index is 1590. The van der Waals surface area contributed by atoms with Gasteiger partial charge in [0.25, 0.3) is 0 Å². The number of urea groups is 1. The van der Waals surface area contributed by atoms with Gasteiger partial charge in [0.15, 0.2) is 10.8 Å². The SMILES string of the molecule is CC(C)(C)c1cc(NC(=O)Nc2ccc(-c3cn4c(n3)sc3ccc(CN5CCCCC5)cc34)cc2)no1. The molecule has 9 heteroatoms. The van der Waals surface area contributed by atoms with E-state index in [9.17, 15) is 4.79 Å². The lowest BCUT2D eigenvalue weighted by molar-refractivity contribution is 0.221. The number of piperidine rings is 1. The molecule has 3 aromatic heterocycles. The molecular weight excluding hydrogens is 496 g/mol. The molecule has 0 spiro atoms. The molecule has 4 heterocycles. The third kappa shape index (κ3) is 5.16. The van der Waals surface area contributed by atoms with Crippen molar-refractivity contribution in [3.8, 4) is 11.3 Å². The van der Waals surface area contributed by atoms with E-state index in [0.29, 0.717) is 17.3 Å². The van der Waals surface area contributed by atoms with Crippen LogP contribution in [0.1, 0.15) is 51.4 Å². The number of hydrogen-bond acceptors (Lipinski definition) is 6. The Morgan fingerprint density at radius 2 is 1.82 bits per heavy atom. The highest BCUT2D eigenvalue weighted by atomic mass is 32.1. The van der Waals surface area contributed by atoms with Crippen LogP contribution in [0.3, 0.4) is 0 Å². The van der Waals surface area contributed by atoms with E-state index < -0.39 is 0 Å². The molecular formula is C29H32N6O2S. The van der Waals surface area contributed by atoms with E-state index in [4.69, 9.17) is 9.51 Å². The van der Waals surface area contributed by atoms with E-state index in [-0.39, 0.29) is 11.4 Å². The third-order valence-corrected chi connectivity index (χ3v) is 7.98. The van der Waals surface area contributed by atoms with E-state index in [2.05, 4.69) is 49.5 Å². The number of thiazole rings is 1. The van der Waals surface area contributed by atoms with Crippen molar-refractivity contribution in [1.82, 2.24) is 19.4 Å². The minimum absolute atomic E-state index is 0.178. The van der Waals surface area contributed by atoms with Crippen LogP contribution in [0, 0.1) is 0 Å². The zero-order valence-electron chi connectivity index (χ0n) is 22.0.